The molecule has 2 aromatic heterocycles. The molecule has 0 fully saturated rings. The number of rotatable bonds is 5. The zero-order chi connectivity index (χ0) is 16.1. The van der Waals surface area contributed by atoms with Gasteiger partial charge >= 0.3 is 0 Å². The Kier molecular flexibility index (Phi) is 4.47. The fourth-order valence-corrected chi connectivity index (χ4v) is 2.39. The zero-order valence-electron chi connectivity index (χ0n) is 12.9. The quantitative estimate of drug-likeness (QED) is 0.788. The van der Waals surface area contributed by atoms with Crippen molar-refractivity contribution in [2.24, 2.45) is 0 Å². The van der Waals surface area contributed by atoms with Crippen LogP contribution in [0.15, 0.2) is 67.1 Å². The van der Waals surface area contributed by atoms with Crippen LogP contribution in [0.1, 0.15) is 18.7 Å². The number of carbonyl (C=O) groups excluding carboxylic acids is 1. The highest BCUT2D eigenvalue weighted by molar-refractivity contribution is 5.80. The summed E-state index contributed by atoms with van der Waals surface area (Å²) < 4.78 is 1.88. The van der Waals surface area contributed by atoms with Crippen molar-refractivity contribution in [1.82, 2.24) is 19.9 Å². The highest BCUT2D eigenvalue weighted by atomic mass is 16.2. The van der Waals surface area contributed by atoms with E-state index < -0.39 is 0 Å². The molecule has 0 aliphatic carbocycles. The van der Waals surface area contributed by atoms with E-state index in [-0.39, 0.29) is 11.9 Å². The topological polar surface area (TPSA) is 59.8 Å². The minimum Gasteiger partial charge on any atom is -0.349 e. The Morgan fingerprint density at radius 3 is 2.61 bits per heavy atom. The van der Waals surface area contributed by atoms with E-state index in [1.165, 1.54) is 0 Å². The first-order valence-corrected chi connectivity index (χ1v) is 7.51. The van der Waals surface area contributed by atoms with Gasteiger partial charge in [-0.05, 0) is 19.1 Å². The molecule has 0 saturated carbocycles. The molecule has 116 valence electrons. The molecule has 23 heavy (non-hydrogen) atoms. The maximum atomic E-state index is 12.4. The molecule has 1 amide bonds. The number of imidazole rings is 1. The third-order valence-corrected chi connectivity index (χ3v) is 3.67. The Morgan fingerprint density at radius 1 is 1.09 bits per heavy atom. The fraction of sp³-hybridized carbons (Fsp3) is 0.167. The second-order valence-corrected chi connectivity index (χ2v) is 5.24. The molecule has 0 aliphatic rings. The van der Waals surface area contributed by atoms with Gasteiger partial charge in [-0.2, -0.15) is 0 Å². The Morgan fingerprint density at radius 2 is 1.87 bits per heavy atom. The normalized spacial score (nSPS) is 11.9. The van der Waals surface area contributed by atoms with E-state index in [4.69, 9.17) is 0 Å². The molecule has 0 saturated heterocycles. The highest BCUT2D eigenvalue weighted by Gasteiger charge is 2.18. The number of aromatic nitrogens is 3. The summed E-state index contributed by atoms with van der Waals surface area (Å²) in [7, 11) is 0. The average Bonchev–Trinajstić information content (AvgIpc) is 3.10. The van der Waals surface area contributed by atoms with Crippen molar-refractivity contribution >= 4 is 5.91 Å². The molecule has 3 aromatic rings. The van der Waals surface area contributed by atoms with E-state index in [2.05, 4.69) is 15.3 Å². The van der Waals surface area contributed by atoms with E-state index in [0.717, 1.165) is 17.1 Å². The third-order valence-electron chi connectivity index (χ3n) is 3.67. The molecule has 5 heteroatoms. The summed E-state index contributed by atoms with van der Waals surface area (Å²) in [5, 5.41) is 2.92. The SMILES string of the molecule is C[C@@H](C(=O)NCc1ccccn1)n1ccnc1-c1ccccc1. The molecule has 0 radical (unpaired) electrons. The van der Waals surface area contributed by atoms with Gasteiger partial charge in [0.2, 0.25) is 5.91 Å². The zero-order valence-corrected chi connectivity index (χ0v) is 12.9. The van der Waals surface area contributed by atoms with E-state index in [9.17, 15) is 4.79 Å². The summed E-state index contributed by atoms with van der Waals surface area (Å²) in [5.41, 5.74) is 1.82. The molecular weight excluding hydrogens is 288 g/mol. The number of benzene rings is 1. The monoisotopic (exact) mass is 306 g/mol. The third kappa shape index (κ3) is 3.45. The van der Waals surface area contributed by atoms with Crippen molar-refractivity contribution in [2.45, 2.75) is 19.5 Å². The molecule has 0 aliphatic heterocycles. The van der Waals surface area contributed by atoms with Crippen LogP contribution in [-0.4, -0.2) is 20.4 Å². The van der Waals surface area contributed by atoms with Crippen LogP contribution in [0.5, 0.6) is 0 Å². The predicted octanol–water partition coefficient (Wildman–Crippen LogP) is 2.82. The number of carbonyl (C=O) groups is 1. The Hall–Kier alpha value is -2.95. The van der Waals surface area contributed by atoms with E-state index >= 15 is 0 Å². The summed E-state index contributed by atoms with van der Waals surface area (Å²) in [6.07, 6.45) is 5.26. The average molecular weight is 306 g/mol. The number of hydrogen-bond acceptors (Lipinski definition) is 3. The van der Waals surface area contributed by atoms with Gasteiger partial charge in [0.05, 0.1) is 12.2 Å². The predicted molar refractivity (Wildman–Crippen MR) is 88.5 cm³/mol. The van der Waals surface area contributed by atoms with Gasteiger partial charge < -0.3 is 9.88 Å². The Balaban J connectivity index is 1.72. The van der Waals surface area contributed by atoms with Crippen LogP contribution in [0.2, 0.25) is 0 Å². The molecular formula is C18H18N4O. The van der Waals surface area contributed by atoms with Gasteiger partial charge in [-0.3, -0.25) is 9.78 Å². The van der Waals surface area contributed by atoms with Crippen molar-refractivity contribution in [1.29, 1.82) is 0 Å². The first-order valence-electron chi connectivity index (χ1n) is 7.51. The fourth-order valence-electron chi connectivity index (χ4n) is 2.39. The van der Waals surface area contributed by atoms with Crippen LogP contribution in [0.3, 0.4) is 0 Å². The lowest BCUT2D eigenvalue weighted by molar-refractivity contribution is -0.124. The van der Waals surface area contributed by atoms with Crippen LogP contribution in [-0.2, 0) is 11.3 Å². The van der Waals surface area contributed by atoms with E-state index in [0.29, 0.717) is 6.54 Å². The molecule has 0 bridgehead atoms. The number of nitrogens with one attached hydrogen (secondary N) is 1. The first-order chi connectivity index (χ1) is 11.3. The molecule has 1 aromatic carbocycles. The van der Waals surface area contributed by atoms with Crippen molar-refractivity contribution in [3.8, 4) is 11.4 Å². The highest BCUT2D eigenvalue weighted by Crippen LogP contribution is 2.20. The van der Waals surface area contributed by atoms with E-state index in [1.807, 2.05) is 66.2 Å². The van der Waals surface area contributed by atoms with Crippen LogP contribution < -0.4 is 5.32 Å². The maximum absolute atomic E-state index is 12.4. The molecule has 1 atom stereocenters. The minimum absolute atomic E-state index is 0.0640. The number of pyridine rings is 1. The summed E-state index contributed by atoms with van der Waals surface area (Å²) in [6.45, 7) is 2.28. The van der Waals surface area contributed by atoms with Crippen molar-refractivity contribution < 1.29 is 4.79 Å². The molecule has 3 rings (SSSR count). The Labute approximate surface area is 135 Å². The Bertz CT molecular complexity index is 768. The number of amides is 1. The van der Waals surface area contributed by atoms with Crippen LogP contribution >= 0.6 is 0 Å². The van der Waals surface area contributed by atoms with Gasteiger partial charge in [-0.25, -0.2) is 4.98 Å². The lowest BCUT2D eigenvalue weighted by Crippen LogP contribution is -2.30. The lowest BCUT2D eigenvalue weighted by atomic mass is 10.2. The second kappa shape index (κ2) is 6.87. The maximum Gasteiger partial charge on any atom is 0.243 e. The molecule has 2 heterocycles. The van der Waals surface area contributed by atoms with Crippen LogP contribution in [0.4, 0.5) is 0 Å². The lowest BCUT2D eigenvalue weighted by Gasteiger charge is -2.16. The van der Waals surface area contributed by atoms with Crippen molar-refractivity contribution in [3.63, 3.8) is 0 Å². The van der Waals surface area contributed by atoms with Crippen molar-refractivity contribution in [2.75, 3.05) is 0 Å². The molecule has 1 N–H and O–H groups in total. The van der Waals surface area contributed by atoms with Gasteiger partial charge in [0, 0.05) is 24.2 Å². The minimum atomic E-state index is -0.351. The van der Waals surface area contributed by atoms with E-state index in [1.54, 1.807) is 12.4 Å². The number of hydrogen-bond donors (Lipinski definition) is 1. The van der Waals surface area contributed by atoms with Gasteiger partial charge in [-0.15, -0.1) is 0 Å². The van der Waals surface area contributed by atoms with Crippen LogP contribution in [0, 0.1) is 0 Å². The second-order valence-electron chi connectivity index (χ2n) is 5.24. The van der Waals surface area contributed by atoms with Crippen molar-refractivity contribution in [3.05, 3.63) is 72.8 Å². The molecule has 0 spiro atoms. The van der Waals surface area contributed by atoms with Gasteiger partial charge in [0.1, 0.15) is 11.9 Å². The van der Waals surface area contributed by atoms with Gasteiger partial charge in [-0.1, -0.05) is 36.4 Å². The van der Waals surface area contributed by atoms with Gasteiger partial charge in [0.25, 0.3) is 0 Å². The van der Waals surface area contributed by atoms with Crippen LogP contribution in [0.25, 0.3) is 11.4 Å². The van der Waals surface area contributed by atoms with Gasteiger partial charge in [0.15, 0.2) is 0 Å². The standard InChI is InChI=1S/C18H18N4O/c1-14(18(23)21-13-16-9-5-6-10-19-16)22-12-11-20-17(22)15-7-3-2-4-8-15/h2-12,14H,13H2,1H3,(H,21,23)/t14-/m0/s1. The molecule has 5 nitrogen and oxygen atoms in total. The summed E-state index contributed by atoms with van der Waals surface area (Å²) in [4.78, 5) is 21.0. The largest absolute Gasteiger partial charge is 0.349 e. The number of nitrogens with zero attached hydrogens (tertiary/aromatic N) is 3. The summed E-state index contributed by atoms with van der Waals surface area (Å²) in [6, 6.07) is 15.1. The molecule has 0 unspecified atom stereocenters. The summed E-state index contributed by atoms with van der Waals surface area (Å²) >= 11 is 0. The smallest absolute Gasteiger partial charge is 0.243 e. The summed E-state index contributed by atoms with van der Waals surface area (Å²) in [5.74, 6) is 0.719. The first kappa shape index (κ1) is 15.0.